The van der Waals surface area contributed by atoms with E-state index in [0.29, 0.717) is 41.0 Å². The number of benzene rings is 2. The van der Waals surface area contributed by atoms with Crippen LogP contribution in [0, 0.1) is 23.2 Å². The molecule has 4 aliphatic carbocycles. The highest BCUT2D eigenvalue weighted by Gasteiger charge is 2.66. The number of pyridine rings is 1. The Labute approximate surface area is 343 Å². The smallest absolute Gasteiger partial charge is 0.357 e. The zero-order chi connectivity index (χ0) is 40.7. The van der Waals surface area contributed by atoms with E-state index >= 15 is 0 Å². The molecular weight excluding hydrogens is 751 g/mol. The molecule has 5 aliphatic rings. The third-order valence-corrected chi connectivity index (χ3v) is 13.4. The van der Waals surface area contributed by atoms with Gasteiger partial charge in [0.2, 0.25) is 0 Å². The second-order valence-electron chi connectivity index (χ2n) is 19.1. The van der Waals surface area contributed by atoms with Crippen molar-refractivity contribution in [3.8, 4) is 17.0 Å². The number of urea groups is 1. The molecule has 1 aliphatic heterocycles. The number of thiazole rings is 1. The van der Waals surface area contributed by atoms with Crippen molar-refractivity contribution in [3.05, 3.63) is 83.8 Å². The lowest BCUT2D eigenvalue weighted by Crippen LogP contribution is -2.64. The van der Waals surface area contributed by atoms with Gasteiger partial charge in [-0.2, -0.15) is 5.10 Å². The first-order valence-corrected chi connectivity index (χ1v) is 21.2. The normalized spacial score (nSPS) is 27.4. The summed E-state index contributed by atoms with van der Waals surface area (Å²) >= 11 is 1.43. The van der Waals surface area contributed by atoms with Crippen LogP contribution in [0.3, 0.4) is 0 Å². The number of nitrogens with two attached hydrogens (primary N) is 1. The Morgan fingerprint density at radius 1 is 0.983 bits per heavy atom. The van der Waals surface area contributed by atoms with Crippen molar-refractivity contribution < 1.29 is 23.8 Å². The predicted molar refractivity (Wildman–Crippen MR) is 225 cm³/mol. The van der Waals surface area contributed by atoms with E-state index in [2.05, 4.69) is 35.8 Å². The van der Waals surface area contributed by atoms with Crippen LogP contribution >= 0.6 is 11.3 Å². The second kappa shape index (κ2) is 13.9. The van der Waals surface area contributed by atoms with E-state index in [4.69, 9.17) is 30.0 Å². The van der Waals surface area contributed by atoms with E-state index in [0.717, 1.165) is 60.1 Å². The Hall–Kier alpha value is -4.85. The summed E-state index contributed by atoms with van der Waals surface area (Å²) in [6.45, 7) is 14.6. The summed E-state index contributed by atoms with van der Waals surface area (Å²) in [6.07, 6.45) is 8.58. The fraction of sp³-hybridized carbons (Fsp3) is 0.489. The molecule has 2 amide bonds. The molecule has 2 aromatic carbocycles. The number of aromatic nitrogens is 4. The molecule has 3 unspecified atom stereocenters. The molecule has 304 valence electrons. The monoisotopic (exact) mass is 803 g/mol. The molecule has 3 aromatic heterocycles. The number of rotatable bonds is 9. The van der Waals surface area contributed by atoms with Gasteiger partial charge in [-0.15, -0.1) is 0 Å². The van der Waals surface area contributed by atoms with Gasteiger partial charge >= 0.3 is 12.0 Å². The van der Waals surface area contributed by atoms with Crippen LogP contribution in [0.25, 0.3) is 21.5 Å². The number of para-hydroxylation sites is 1. The van der Waals surface area contributed by atoms with Crippen LogP contribution in [0.2, 0.25) is 0 Å². The molecule has 3 atom stereocenters. The molecule has 3 N–H and O–H groups in total. The Morgan fingerprint density at radius 2 is 1.76 bits per heavy atom. The van der Waals surface area contributed by atoms with Crippen molar-refractivity contribution in [2.75, 3.05) is 30.0 Å². The SMILES string of the molecule is Cc1c(C2COc3ccc(-c4cccc(C(=O)OC(C)(C)C)n4)cc3N2C(=O)Nc2nc3ccccc3s2)cnn1CC12CC3(C)CC(C)(C1)CC(OCCN)(C3)C2. The molecule has 4 bridgehead atoms. The molecule has 0 saturated heterocycles. The molecule has 58 heavy (non-hydrogen) atoms. The maximum atomic E-state index is 14.7. The average Bonchev–Trinajstić information content (AvgIpc) is 3.72. The van der Waals surface area contributed by atoms with Gasteiger partial charge in [0, 0.05) is 29.9 Å². The van der Waals surface area contributed by atoms with Crippen LogP contribution in [0.15, 0.2) is 66.9 Å². The minimum Gasteiger partial charge on any atom is -0.489 e. The van der Waals surface area contributed by atoms with Gasteiger partial charge in [0.05, 0.1) is 40.0 Å². The van der Waals surface area contributed by atoms with Gasteiger partial charge in [-0.25, -0.2) is 19.6 Å². The highest BCUT2D eigenvalue weighted by atomic mass is 32.1. The van der Waals surface area contributed by atoms with Crippen molar-refractivity contribution in [1.29, 1.82) is 0 Å². The number of hydrogen-bond acceptors (Lipinski definition) is 10. The lowest BCUT2D eigenvalue weighted by atomic mass is 9.39. The van der Waals surface area contributed by atoms with Crippen molar-refractivity contribution in [2.24, 2.45) is 22.0 Å². The fourth-order valence-electron chi connectivity index (χ4n) is 11.7. The number of nitrogens with zero attached hydrogens (tertiary/aromatic N) is 5. The summed E-state index contributed by atoms with van der Waals surface area (Å²) in [5, 5.41) is 8.67. The average molecular weight is 804 g/mol. The number of carbonyl (C=O) groups excluding carboxylic acids is 2. The Morgan fingerprint density at radius 3 is 2.50 bits per heavy atom. The largest absolute Gasteiger partial charge is 0.489 e. The number of esters is 1. The second-order valence-corrected chi connectivity index (χ2v) is 20.1. The number of nitrogens with one attached hydrogen (secondary N) is 1. The minimum absolute atomic E-state index is 0.0379. The van der Waals surface area contributed by atoms with Crippen LogP contribution in [0.5, 0.6) is 5.75 Å². The van der Waals surface area contributed by atoms with Gasteiger partial charge in [-0.3, -0.25) is 14.9 Å². The Kier molecular flexibility index (Phi) is 9.25. The summed E-state index contributed by atoms with van der Waals surface area (Å²) < 4.78 is 21.9. The minimum atomic E-state index is -0.664. The summed E-state index contributed by atoms with van der Waals surface area (Å²) in [7, 11) is 0. The maximum Gasteiger partial charge on any atom is 0.357 e. The first-order chi connectivity index (χ1) is 27.6. The molecular formula is C45H53N7O5S. The topological polar surface area (TPSA) is 147 Å². The molecule has 12 nitrogen and oxygen atoms in total. The van der Waals surface area contributed by atoms with E-state index < -0.39 is 17.6 Å². The summed E-state index contributed by atoms with van der Waals surface area (Å²) in [6, 6.07) is 17.9. The zero-order valence-electron chi connectivity index (χ0n) is 34.3. The van der Waals surface area contributed by atoms with Crippen molar-refractivity contribution >= 4 is 44.4 Å². The standard InChI is InChI=1S/C45H53N7O5S/c1-28-30(19-47-51(28)27-44-22-42(5)21-43(6,23-44)25-45(24-42,26-44)56-17-16-46)35-20-55-36-15-14-29(31-11-9-12-33(48-31)38(53)57-41(2,3)4)18-34(36)52(35)40(54)50-39-49-32-10-7-8-13-37(32)58-39/h7-15,18-19,35H,16-17,20-27,46H2,1-6H3,(H,49,50,54). The van der Waals surface area contributed by atoms with E-state index in [-0.39, 0.29) is 40.2 Å². The number of hydrogen-bond donors (Lipinski definition) is 2. The number of amides is 2. The molecule has 10 rings (SSSR count). The number of ether oxygens (including phenoxy) is 3. The Balaban J connectivity index is 1.07. The molecule has 0 spiro atoms. The summed E-state index contributed by atoms with van der Waals surface area (Å²) in [4.78, 5) is 38.9. The summed E-state index contributed by atoms with van der Waals surface area (Å²) in [5.74, 6) is 0.0562. The quantitative estimate of drug-likeness (QED) is 0.139. The van der Waals surface area contributed by atoms with Gasteiger partial charge in [0.25, 0.3) is 0 Å². The van der Waals surface area contributed by atoms with E-state index in [1.807, 2.05) is 75.5 Å². The van der Waals surface area contributed by atoms with Gasteiger partial charge in [0.1, 0.15) is 29.7 Å². The summed E-state index contributed by atoms with van der Waals surface area (Å²) in [5.41, 5.74) is 10.4. The number of fused-ring (bicyclic) bond motifs is 2. The van der Waals surface area contributed by atoms with Gasteiger partial charge in [0.15, 0.2) is 5.13 Å². The predicted octanol–water partition coefficient (Wildman–Crippen LogP) is 9.09. The van der Waals surface area contributed by atoms with Gasteiger partial charge < -0.3 is 19.9 Å². The Bertz CT molecular complexity index is 2370. The van der Waals surface area contributed by atoms with Crippen LogP contribution in [-0.2, 0) is 16.0 Å². The van der Waals surface area contributed by atoms with E-state index in [1.165, 1.54) is 17.8 Å². The van der Waals surface area contributed by atoms with Crippen LogP contribution < -0.4 is 20.7 Å². The maximum absolute atomic E-state index is 14.7. The molecule has 4 fully saturated rings. The molecule has 5 aromatic rings. The van der Waals surface area contributed by atoms with E-state index in [1.54, 1.807) is 17.0 Å². The van der Waals surface area contributed by atoms with Crippen molar-refractivity contribution in [1.82, 2.24) is 19.7 Å². The van der Waals surface area contributed by atoms with Crippen LogP contribution in [0.4, 0.5) is 15.6 Å². The first kappa shape index (κ1) is 38.7. The number of carbonyl (C=O) groups is 2. The highest BCUT2D eigenvalue weighted by molar-refractivity contribution is 7.22. The molecule has 4 saturated carbocycles. The molecule has 4 heterocycles. The molecule has 0 radical (unpaired) electrons. The van der Waals surface area contributed by atoms with Gasteiger partial charge in [-0.05, 0) is 125 Å². The van der Waals surface area contributed by atoms with Crippen molar-refractivity contribution in [2.45, 2.75) is 104 Å². The first-order valence-electron chi connectivity index (χ1n) is 20.4. The lowest BCUT2D eigenvalue weighted by molar-refractivity contribution is -0.247. The highest BCUT2D eigenvalue weighted by Crippen LogP contribution is 2.72. The van der Waals surface area contributed by atoms with Crippen molar-refractivity contribution in [3.63, 3.8) is 0 Å². The van der Waals surface area contributed by atoms with Gasteiger partial charge in [-0.1, -0.05) is 43.4 Å². The number of anilines is 2. The fourth-order valence-corrected chi connectivity index (χ4v) is 12.5. The van der Waals surface area contributed by atoms with E-state index in [9.17, 15) is 9.59 Å². The third kappa shape index (κ3) is 7.15. The molecule has 13 heteroatoms. The van der Waals surface area contributed by atoms with Crippen LogP contribution in [0.1, 0.15) is 101 Å². The third-order valence-electron chi connectivity index (χ3n) is 12.5. The lowest BCUT2D eigenvalue weighted by Gasteiger charge is -2.69. The zero-order valence-corrected chi connectivity index (χ0v) is 35.1. The van der Waals surface area contributed by atoms with Crippen LogP contribution in [-0.4, -0.2) is 62.7 Å².